The molecule has 1 aromatic carbocycles. The predicted octanol–water partition coefficient (Wildman–Crippen LogP) is 2.73. The fourth-order valence-electron chi connectivity index (χ4n) is 1.78. The molecule has 88 valence electrons. The van der Waals surface area contributed by atoms with Crippen LogP contribution in [0.1, 0.15) is 37.8 Å². The van der Waals surface area contributed by atoms with Gasteiger partial charge in [-0.2, -0.15) is 0 Å². The summed E-state index contributed by atoms with van der Waals surface area (Å²) in [5, 5.41) is 0. The van der Waals surface area contributed by atoms with Crippen molar-refractivity contribution in [3.8, 4) is 0 Å². The second kappa shape index (κ2) is 6.66. The van der Waals surface area contributed by atoms with Crippen molar-refractivity contribution in [1.82, 2.24) is 0 Å². The first kappa shape index (κ1) is 13.2. The maximum Gasteiger partial charge on any atom is 0.146 e. The van der Waals surface area contributed by atoms with Gasteiger partial charge in [0.2, 0.25) is 0 Å². The summed E-state index contributed by atoms with van der Waals surface area (Å²) >= 11 is 0. The van der Waals surface area contributed by atoms with E-state index in [1.165, 1.54) is 24.0 Å². The third kappa shape index (κ3) is 3.32. The lowest BCUT2D eigenvalue weighted by Gasteiger charge is -2.17. The van der Waals surface area contributed by atoms with Crippen LogP contribution in [0.4, 0.5) is 0 Å². The van der Waals surface area contributed by atoms with E-state index in [1.54, 1.807) is 0 Å². The number of aryl methyl sites for hydroxylation is 1. The van der Waals surface area contributed by atoms with Crippen LogP contribution >= 0.6 is 0 Å². The van der Waals surface area contributed by atoms with Gasteiger partial charge in [-0.25, -0.2) is 0 Å². The molecule has 0 aliphatic heterocycles. The molecule has 0 radical (unpaired) electrons. The van der Waals surface area contributed by atoms with Crippen molar-refractivity contribution in [2.75, 3.05) is 0 Å². The normalized spacial score (nSPS) is 12.6. The Morgan fingerprint density at radius 2 is 2.12 bits per heavy atom. The second-order valence-corrected chi connectivity index (χ2v) is 4.64. The molecule has 1 atom stereocenters. The fourth-order valence-corrected chi connectivity index (χ4v) is 2.06. The molecule has 2 heteroatoms. The quantitative estimate of drug-likeness (QED) is 0.688. The van der Waals surface area contributed by atoms with E-state index in [4.69, 9.17) is 4.43 Å². The minimum Gasteiger partial charge on any atom is -0.421 e. The van der Waals surface area contributed by atoms with Crippen LogP contribution in [0.15, 0.2) is 30.8 Å². The van der Waals surface area contributed by atoms with E-state index in [0.29, 0.717) is 0 Å². The van der Waals surface area contributed by atoms with Gasteiger partial charge in [-0.15, -0.1) is 0 Å². The topological polar surface area (TPSA) is 9.23 Å². The van der Waals surface area contributed by atoms with E-state index in [9.17, 15) is 0 Å². The Kier molecular flexibility index (Phi) is 5.50. The van der Waals surface area contributed by atoms with Crippen molar-refractivity contribution < 1.29 is 4.43 Å². The smallest absolute Gasteiger partial charge is 0.146 e. The maximum absolute atomic E-state index is 5.47. The first-order chi connectivity index (χ1) is 7.70. The third-order valence-electron chi connectivity index (χ3n) is 3.01. The molecule has 0 saturated heterocycles. The number of benzene rings is 1. The van der Waals surface area contributed by atoms with Gasteiger partial charge in [0.25, 0.3) is 0 Å². The Morgan fingerprint density at radius 1 is 1.44 bits per heavy atom. The van der Waals surface area contributed by atoms with Gasteiger partial charge in [-0.3, -0.25) is 0 Å². The number of unbranched alkanes of at least 4 members (excludes halogenated alkanes) is 1. The van der Waals surface area contributed by atoms with E-state index >= 15 is 0 Å². The zero-order valence-electron chi connectivity index (χ0n) is 10.6. The largest absolute Gasteiger partial charge is 0.421 e. The lowest BCUT2D eigenvalue weighted by atomic mass is 9.95. The number of hydrogen-bond donors (Lipinski definition) is 0. The van der Waals surface area contributed by atoms with Crippen LogP contribution in [0.25, 0.3) is 5.57 Å². The molecule has 0 spiro atoms. The van der Waals surface area contributed by atoms with Gasteiger partial charge in [0.05, 0.1) is 6.10 Å². The fraction of sp³-hybridized carbons (Fsp3) is 0.429. The third-order valence-corrected chi connectivity index (χ3v) is 3.71. The molecule has 0 bridgehead atoms. The summed E-state index contributed by atoms with van der Waals surface area (Å²) in [5.74, 6) is 0. The highest BCUT2D eigenvalue weighted by atomic mass is 28.2. The van der Waals surface area contributed by atoms with Crippen LogP contribution in [0, 0.1) is 0 Å². The Morgan fingerprint density at radius 3 is 2.75 bits per heavy atom. The summed E-state index contributed by atoms with van der Waals surface area (Å²) in [7, 11) is 0.762. The molecular formula is C14H22OSi. The zero-order chi connectivity index (χ0) is 12.0. The minimum atomic E-state index is 0.148. The summed E-state index contributed by atoms with van der Waals surface area (Å²) in [6.07, 6.45) is 3.75. The van der Waals surface area contributed by atoms with Crippen molar-refractivity contribution in [1.29, 1.82) is 0 Å². The molecule has 0 aliphatic rings. The zero-order valence-corrected chi connectivity index (χ0v) is 12.6. The SMILES string of the molecule is C=C(c1ccccc1CCCC)C(C)O[SiH3]. The lowest BCUT2D eigenvalue weighted by molar-refractivity contribution is 0.307. The van der Waals surface area contributed by atoms with E-state index in [0.717, 1.165) is 22.5 Å². The van der Waals surface area contributed by atoms with Gasteiger partial charge in [0.15, 0.2) is 0 Å². The van der Waals surface area contributed by atoms with Crippen LogP contribution in [-0.2, 0) is 10.8 Å². The average Bonchev–Trinajstić information content (AvgIpc) is 2.34. The summed E-state index contributed by atoms with van der Waals surface area (Å²) < 4.78 is 5.47. The summed E-state index contributed by atoms with van der Waals surface area (Å²) in [4.78, 5) is 0. The van der Waals surface area contributed by atoms with Crippen molar-refractivity contribution in [2.45, 2.75) is 39.2 Å². The van der Waals surface area contributed by atoms with Crippen LogP contribution in [0.2, 0.25) is 0 Å². The van der Waals surface area contributed by atoms with Gasteiger partial charge in [-0.1, -0.05) is 44.2 Å². The highest BCUT2D eigenvalue weighted by Gasteiger charge is 2.10. The first-order valence-electron chi connectivity index (χ1n) is 6.00. The van der Waals surface area contributed by atoms with Crippen LogP contribution in [0.5, 0.6) is 0 Å². The molecule has 1 nitrogen and oxygen atoms in total. The van der Waals surface area contributed by atoms with Crippen LogP contribution in [-0.4, -0.2) is 16.6 Å². The second-order valence-electron chi connectivity index (χ2n) is 4.16. The predicted molar refractivity (Wildman–Crippen MR) is 74.6 cm³/mol. The molecule has 0 N–H and O–H groups in total. The van der Waals surface area contributed by atoms with E-state index in [-0.39, 0.29) is 6.10 Å². The summed E-state index contributed by atoms with van der Waals surface area (Å²) in [6.45, 7) is 8.46. The minimum absolute atomic E-state index is 0.148. The van der Waals surface area contributed by atoms with Crippen LogP contribution < -0.4 is 0 Å². The van der Waals surface area contributed by atoms with E-state index in [1.807, 2.05) is 0 Å². The molecule has 1 rings (SSSR count). The first-order valence-corrected chi connectivity index (χ1v) is 6.82. The molecule has 1 aromatic rings. The van der Waals surface area contributed by atoms with Gasteiger partial charge in [-0.05, 0) is 36.5 Å². The summed E-state index contributed by atoms with van der Waals surface area (Å²) in [6, 6.07) is 8.55. The van der Waals surface area contributed by atoms with Crippen molar-refractivity contribution >= 4 is 16.1 Å². The highest BCUT2D eigenvalue weighted by molar-refractivity contribution is 5.98. The van der Waals surface area contributed by atoms with Crippen molar-refractivity contribution in [3.63, 3.8) is 0 Å². The Bertz CT molecular complexity index is 346. The Balaban J connectivity index is 2.89. The molecular weight excluding hydrogens is 212 g/mol. The van der Waals surface area contributed by atoms with Gasteiger partial charge in [0, 0.05) is 0 Å². The number of rotatable bonds is 6. The van der Waals surface area contributed by atoms with Gasteiger partial charge in [0.1, 0.15) is 10.5 Å². The monoisotopic (exact) mass is 234 g/mol. The van der Waals surface area contributed by atoms with E-state index in [2.05, 4.69) is 44.7 Å². The summed E-state index contributed by atoms with van der Waals surface area (Å²) in [5.41, 5.74) is 3.79. The average molecular weight is 234 g/mol. The van der Waals surface area contributed by atoms with Crippen molar-refractivity contribution in [2.24, 2.45) is 0 Å². The van der Waals surface area contributed by atoms with Crippen LogP contribution in [0.3, 0.4) is 0 Å². The molecule has 0 saturated carbocycles. The van der Waals surface area contributed by atoms with Gasteiger partial charge < -0.3 is 4.43 Å². The molecule has 0 heterocycles. The standard InChI is InChI=1S/C14H22OSi/c1-4-5-8-13-9-6-7-10-14(13)11(2)12(3)15-16/h6-7,9-10,12H,2,4-5,8H2,1,3,16H3. The lowest BCUT2D eigenvalue weighted by Crippen LogP contribution is -2.09. The molecule has 0 aliphatic carbocycles. The van der Waals surface area contributed by atoms with Crippen molar-refractivity contribution in [3.05, 3.63) is 42.0 Å². The van der Waals surface area contributed by atoms with E-state index < -0.39 is 0 Å². The molecule has 16 heavy (non-hydrogen) atoms. The van der Waals surface area contributed by atoms with Gasteiger partial charge >= 0.3 is 0 Å². The molecule has 0 aromatic heterocycles. The number of hydrogen-bond acceptors (Lipinski definition) is 1. The maximum atomic E-state index is 5.47. The highest BCUT2D eigenvalue weighted by Crippen LogP contribution is 2.23. The molecule has 1 unspecified atom stereocenters. The molecule has 0 amide bonds. The Hall–Kier alpha value is -0.863. The Labute approximate surface area is 102 Å². The molecule has 0 fully saturated rings.